The molecule has 1 saturated carbocycles. The molecule has 0 amide bonds. The molecule has 3 nitrogen and oxygen atoms in total. The Bertz CT molecular complexity index is 339. The van der Waals surface area contributed by atoms with Gasteiger partial charge in [-0.25, -0.2) is 9.97 Å². The lowest BCUT2D eigenvalue weighted by Crippen LogP contribution is -2.34. The van der Waals surface area contributed by atoms with Gasteiger partial charge >= 0.3 is 0 Å². The highest BCUT2D eigenvalue weighted by atomic mass is 16.3. The van der Waals surface area contributed by atoms with Gasteiger partial charge in [-0.3, -0.25) is 0 Å². The summed E-state index contributed by atoms with van der Waals surface area (Å²) in [4.78, 5) is 8.01. The van der Waals surface area contributed by atoms with Crippen molar-refractivity contribution >= 4 is 0 Å². The van der Waals surface area contributed by atoms with E-state index in [1.54, 1.807) is 12.4 Å². The van der Waals surface area contributed by atoms with Crippen LogP contribution in [0.3, 0.4) is 0 Å². The summed E-state index contributed by atoms with van der Waals surface area (Å²) in [5, 5.41) is 10.7. The largest absolute Gasteiger partial charge is 0.385 e. The molecule has 1 aromatic rings. The summed E-state index contributed by atoms with van der Waals surface area (Å²) in [6.07, 6.45) is 9.00. The molecule has 2 unspecified atom stereocenters. The summed E-state index contributed by atoms with van der Waals surface area (Å²) in [5.41, 5.74) is 0.175. The zero-order chi connectivity index (χ0) is 11.6. The first-order chi connectivity index (χ1) is 7.62. The quantitative estimate of drug-likeness (QED) is 0.833. The Labute approximate surface area is 96.9 Å². The number of rotatable bonds is 2. The molecule has 2 rings (SSSR count). The lowest BCUT2D eigenvalue weighted by molar-refractivity contribution is -0.0300. The molecular formula is C13H20N2O. The van der Waals surface area contributed by atoms with Crippen LogP contribution in [0.15, 0.2) is 18.7 Å². The van der Waals surface area contributed by atoms with Crippen LogP contribution < -0.4 is 0 Å². The first kappa shape index (κ1) is 11.5. The van der Waals surface area contributed by atoms with Gasteiger partial charge in [0.25, 0.3) is 0 Å². The summed E-state index contributed by atoms with van der Waals surface area (Å²) >= 11 is 0. The normalized spacial score (nSPS) is 30.6. The lowest BCUT2D eigenvalue weighted by Gasteiger charge is -2.38. The van der Waals surface area contributed by atoms with Crippen LogP contribution in [-0.4, -0.2) is 15.1 Å². The second-order valence-corrected chi connectivity index (χ2v) is 5.26. The molecule has 1 aliphatic rings. The number of nitrogens with zero attached hydrogens (tertiary/aromatic N) is 2. The van der Waals surface area contributed by atoms with Gasteiger partial charge in [-0.15, -0.1) is 0 Å². The Balaban J connectivity index is 2.19. The molecule has 0 aliphatic heterocycles. The monoisotopic (exact) mass is 220 g/mol. The summed E-state index contributed by atoms with van der Waals surface area (Å²) in [6, 6.07) is 0. The summed E-state index contributed by atoms with van der Waals surface area (Å²) < 4.78 is 0. The molecule has 0 spiro atoms. The van der Waals surface area contributed by atoms with Crippen LogP contribution in [-0.2, 0) is 5.60 Å². The summed E-state index contributed by atoms with van der Waals surface area (Å²) in [5.74, 6) is 1.25. The fourth-order valence-electron chi connectivity index (χ4n) is 2.67. The highest BCUT2D eigenvalue weighted by molar-refractivity contribution is 5.15. The van der Waals surface area contributed by atoms with Crippen LogP contribution >= 0.6 is 0 Å². The lowest BCUT2D eigenvalue weighted by atomic mass is 9.71. The zero-order valence-electron chi connectivity index (χ0n) is 10.1. The average Bonchev–Trinajstić information content (AvgIpc) is 2.30. The average molecular weight is 220 g/mol. The Morgan fingerprint density at radius 2 is 2.06 bits per heavy atom. The topological polar surface area (TPSA) is 46.0 Å². The first-order valence-corrected chi connectivity index (χ1v) is 6.10. The molecule has 0 saturated heterocycles. The highest BCUT2D eigenvalue weighted by Gasteiger charge is 2.37. The maximum atomic E-state index is 10.7. The SMILES string of the molecule is CC(C)C1CCCC(O)(c2cncnc2)C1. The van der Waals surface area contributed by atoms with Gasteiger partial charge in [0, 0.05) is 18.0 Å². The van der Waals surface area contributed by atoms with Gasteiger partial charge in [-0.05, 0) is 37.5 Å². The molecule has 1 aromatic heterocycles. The second kappa shape index (κ2) is 4.50. The number of hydrogen-bond acceptors (Lipinski definition) is 3. The van der Waals surface area contributed by atoms with E-state index < -0.39 is 5.60 Å². The van der Waals surface area contributed by atoms with E-state index >= 15 is 0 Å². The molecule has 16 heavy (non-hydrogen) atoms. The van der Waals surface area contributed by atoms with Crippen molar-refractivity contribution in [1.82, 2.24) is 9.97 Å². The molecule has 88 valence electrons. The van der Waals surface area contributed by atoms with Crippen LogP contribution in [0.5, 0.6) is 0 Å². The van der Waals surface area contributed by atoms with Crippen molar-refractivity contribution in [2.75, 3.05) is 0 Å². The highest BCUT2D eigenvalue weighted by Crippen LogP contribution is 2.41. The van der Waals surface area contributed by atoms with Crippen LogP contribution in [0.4, 0.5) is 0 Å². The van der Waals surface area contributed by atoms with Crippen molar-refractivity contribution in [2.45, 2.75) is 45.1 Å². The van der Waals surface area contributed by atoms with Crippen molar-refractivity contribution in [2.24, 2.45) is 11.8 Å². The smallest absolute Gasteiger partial charge is 0.115 e. The standard InChI is InChI=1S/C13H20N2O/c1-10(2)11-4-3-5-13(16,6-11)12-7-14-9-15-8-12/h7-11,16H,3-6H2,1-2H3. The van der Waals surface area contributed by atoms with E-state index in [9.17, 15) is 5.11 Å². The molecular weight excluding hydrogens is 200 g/mol. The molecule has 1 heterocycles. The molecule has 1 fully saturated rings. The van der Waals surface area contributed by atoms with Gasteiger partial charge in [0.05, 0.1) is 5.60 Å². The molecule has 0 bridgehead atoms. The summed E-state index contributed by atoms with van der Waals surface area (Å²) in [6.45, 7) is 4.47. The predicted octanol–water partition coefficient (Wildman–Crippen LogP) is 2.51. The van der Waals surface area contributed by atoms with E-state index in [2.05, 4.69) is 23.8 Å². The molecule has 0 aromatic carbocycles. The number of aromatic nitrogens is 2. The zero-order valence-corrected chi connectivity index (χ0v) is 10.1. The van der Waals surface area contributed by atoms with E-state index in [1.165, 1.54) is 12.7 Å². The third-order valence-electron chi connectivity index (χ3n) is 3.81. The van der Waals surface area contributed by atoms with E-state index in [0.29, 0.717) is 11.8 Å². The van der Waals surface area contributed by atoms with Gasteiger partial charge in [0.1, 0.15) is 6.33 Å². The van der Waals surface area contributed by atoms with E-state index in [1.807, 2.05) is 0 Å². The van der Waals surface area contributed by atoms with Crippen LogP contribution in [0.1, 0.15) is 45.1 Å². The van der Waals surface area contributed by atoms with Gasteiger partial charge in [-0.2, -0.15) is 0 Å². The minimum absolute atomic E-state index is 0.610. The minimum atomic E-state index is -0.700. The Morgan fingerprint density at radius 1 is 1.38 bits per heavy atom. The predicted molar refractivity (Wildman–Crippen MR) is 62.7 cm³/mol. The third-order valence-corrected chi connectivity index (χ3v) is 3.81. The van der Waals surface area contributed by atoms with Crippen molar-refractivity contribution in [3.63, 3.8) is 0 Å². The maximum Gasteiger partial charge on any atom is 0.115 e. The van der Waals surface area contributed by atoms with Gasteiger partial charge < -0.3 is 5.11 Å². The van der Waals surface area contributed by atoms with E-state index in [-0.39, 0.29) is 0 Å². The van der Waals surface area contributed by atoms with Crippen LogP contribution in [0.2, 0.25) is 0 Å². The van der Waals surface area contributed by atoms with Crippen molar-refractivity contribution in [3.05, 3.63) is 24.3 Å². The fourth-order valence-corrected chi connectivity index (χ4v) is 2.67. The second-order valence-electron chi connectivity index (χ2n) is 5.26. The Morgan fingerprint density at radius 3 is 2.69 bits per heavy atom. The molecule has 1 aliphatic carbocycles. The van der Waals surface area contributed by atoms with Crippen molar-refractivity contribution in [1.29, 1.82) is 0 Å². The molecule has 1 N–H and O–H groups in total. The number of hydrogen-bond donors (Lipinski definition) is 1. The van der Waals surface area contributed by atoms with E-state index in [0.717, 1.165) is 24.8 Å². The first-order valence-electron chi connectivity index (χ1n) is 6.10. The molecule has 3 heteroatoms. The van der Waals surface area contributed by atoms with Gasteiger partial charge in [-0.1, -0.05) is 13.8 Å². The van der Waals surface area contributed by atoms with Crippen molar-refractivity contribution < 1.29 is 5.11 Å². The Hall–Kier alpha value is -0.960. The van der Waals surface area contributed by atoms with Crippen molar-refractivity contribution in [3.8, 4) is 0 Å². The van der Waals surface area contributed by atoms with E-state index in [4.69, 9.17) is 0 Å². The summed E-state index contributed by atoms with van der Waals surface area (Å²) in [7, 11) is 0. The maximum absolute atomic E-state index is 10.7. The van der Waals surface area contributed by atoms with Crippen LogP contribution in [0.25, 0.3) is 0 Å². The fraction of sp³-hybridized carbons (Fsp3) is 0.692. The van der Waals surface area contributed by atoms with Gasteiger partial charge in [0.2, 0.25) is 0 Å². The van der Waals surface area contributed by atoms with Crippen LogP contribution in [0, 0.1) is 11.8 Å². The third kappa shape index (κ3) is 2.24. The van der Waals surface area contributed by atoms with Gasteiger partial charge in [0.15, 0.2) is 0 Å². The minimum Gasteiger partial charge on any atom is -0.385 e. The molecule has 2 atom stereocenters. The number of aliphatic hydroxyl groups is 1. The molecule has 0 radical (unpaired) electrons. The Kier molecular flexibility index (Phi) is 3.24.